The molecule has 2 atom stereocenters. The minimum absolute atomic E-state index is 0.0825. The SMILES string of the molecule is CCC(CC)N[C@H](c1ccccc1)[C@H](NC(=S)Nc1ccc(C(F)(F)F)cc1)c1ccccc1. The topological polar surface area (TPSA) is 36.1 Å². The summed E-state index contributed by atoms with van der Waals surface area (Å²) in [7, 11) is 0. The number of nitrogens with one attached hydrogen (secondary N) is 3. The van der Waals surface area contributed by atoms with Crippen LogP contribution in [0.5, 0.6) is 0 Å². The molecule has 0 aliphatic carbocycles. The van der Waals surface area contributed by atoms with E-state index >= 15 is 0 Å². The fourth-order valence-electron chi connectivity index (χ4n) is 3.89. The van der Waals surface area contributed by atoms with E-state index in [0.29, 0.717) is 16.8 Å². The van der Waals surface area contributed by atoms with Crippen LogP contribution in [0.15, 0.2) is 84.9 Å². The fraction of sp³-hybridized carbons (Fsp3) is 0.296. The summed E-state index contributed by atoms with van der Waals surface area (Å²) in [6.45, 7) is 4.32. The van der Waals surface area contributed by atoms with Gasteiger partial charge in [0.25, 0.3) is 0 Å². The van der Waals surface area contributed by atoms with Crippen molar-refractivity contribution in [3.05, 3.63) is 102 Å². The number of rotatable bonds is 9. The average Bonchev–Trinajstić information content (AvgIpc) is 2.84. The number of anilines is 1. The second kappa shape index (κ2) is 12.0. The van der Waals surface area contributed by atoms with Gasteiger partial charge < -0.3 is 16.0 Å². The van der Waals surface area contributed by atoms with Gasteiger partial charge in [0.1, 0.15) is 0 Å². The first kappa shape index (κ1) is 25.7. The van der Waals surface area contributed by atoms with Crippen LogP contribution in [0.25, 0.3) is 0 Å². The molecule has 0 radical (unpaired) electrons. The van der Waals surface area contributed by atoms with E-state index in [1.54, 1.807) is 0 Å². The summed E-state index contributed by atoms with van der Waals surface area (Å²) >= 11 is 5.59. The van der Waals surface area contributed by atoms with Crippen molar-refractivity contribution in [2.45, 2.75) is 51.0 Å². The molecule has 0 aromatic heterocycles. The largest absolute Gasteiger partial charge is 0.416 e. The third kappa shape index (κ3) is 7.05. The Bertz CT molecular complexity index is 1020. The molecule has 0 unspecified atom stereocenters. The van der Waals surface area contributed by atoms with Crippen molar-refractivity contribution in [2.75, 3.05) is 5.32 Å². The molecule has 0 heterocycles. The predicted molar refractivity (Wildman–Crippen MR) is 137 cm³/mol. The van der Waals surface area contributed by atoms with Crippen LogP contribution in [0.1, 0.15) is 55.5 Å². The lowest BCUT2D eigenvalue weighted by Gasteiger charge is -2.33. The second-order valence-electron chi connectivity index (χ2n) is 8.13. The third-order valence-corrected chi connectivity index (χ3v) is 6.03. The first-order valence-corrected chi connectivity index (χ1v) is 11.8. The molecule has 0 aliphatic rings. The van der Waals surface area contributed by atoms with Gasteiger partial charge in [-0.15, -0.1) is 0 Å². The lowest BCUT2D eigenvalue weighted by Crippen LogP contribution is -2.43. The number of alkyl halides is 3. The summed E-state index contributed by atoms with van der Waals surface area (Å²) in [5, 5.41) is 10.6. The summed E-state index contributed by atoms with van der Waals surface area (Å²) in [6, 6.07) is 25.1. The van der Waals surface area contributed by atoms with E-state index < -0.39 is 11.7 Å². The maximum atomic E-state index is 12.9. The van der Waals surface area contributed by atoms with E-state index in [0.717, 1.165) is 36.1 Å². The zero-order chi connectivity index (χ0) is 24.6. The Labute approximate surface area is 204 Å². The molecule has 0 fully saturated rings. The van der Waals surface area contributed by atoms with Crippen molar-refractivity contribution in [1.29, 1.82) is 0 Å². The summed E-state index contributed by atoms with van der Waals surface area (Å²) in [5.41, 5.74) is 1.96. The monoisotopic (exact) mass is 485 g/mol. The van der Waals surface area contributed by atoms with Crippen LogP contribution in [0.4, 0.5) is 18.9 Å². The molecule has 3 aromatic carbocycles. The standard InChI is InChI=1S/C27H30F3N3S/c1-3-22(4-2)31-24(19-11-7-5-8-12-19)25(20-13-9-6-10-14-20)33-26(34)32-23-17-15-21(16-18-23)27(28,29)30/h5-18,22,24-25,31H,3-4H2,1-2H3,(H2,32,33,34)/t24-,25-/m1/s1. The van der Waals surface area contributed by atoms with Gasteiger partial charge in [-0.2, -0.15) is 13.2 Å². The van der Waals surface area contributed by atoms with Gasteiger partial charge in [0, 0.05) is 11.7 Å². The van der Waals surface area contributed by atoms with E-state index in [-0.39, 0.29) is 12.1 Å². The molecule has 3 N–H and O–H groups in total. The summed E-state index contributed by atoms with van der Waals surface area (Å²) in [4.78, 5) is 0. The lowest BCUT2D eigenvalue weighted by atomic mass is 9.92. The van der Waals surface area contributed by atoms with Gasteiger partial charge in [-0.3, -0.25) is 0 Å². The maximum absolute atomic E-state index is 12.9. The Morgan fingerprint density at radius 3 is 1.74 bits per heavy atom. The molecule has 34 heavy (non-hydrogen) atoms. The zero-order valence-electron chi connectivity index (χ0n) is 19.3. The van der Waals surface area contributed by atoms with Gasteiger partial charge in [0.15, 0.2) is 5.11 Å². The van der Waals surface area contributed by atoms with Crippen LogP contribution < -0.4 is 16.0 Å². The molecule has 3 aromatic rings. The van der Waals surface area contributed by atoms with E-state index in [2.05, 4.69) is 41.9 Å². The fourth-order valence-corrected chi connectivity index (χ4v) is 4.14. The number of halogens is 3. The van der Waals surface area contributed by atoms with Gasteiger partial charge in [0.2, 0.25) is 0 Å². The summed E-state index contributed by atoms with van der Waals surface area (Å²) in [6.07, 6.45) is -2.41. The molecular weight excluding hydrogens is 455 g/mol. The van der Waals surface area contributed by atoms with Gasteiger partial charge in [0.05, 0.1) is 17.6 Å². The number of benzene rings is 3. The van der Waals surface area contributed by atoms with Gasteiger partial charge in [-0.1, -0.05) is 74.5 Å². The highest BCUT2D eigenvalue weighted by atomic mass is 32.1. The molecule has 0 bridgehead atoms. The molecule has 0 aliphatic heterocycles. The number of thiocarbonyl (C=S) groups is 1. The van der Waals surface area contributed by atoms with Crippen LogP contribution in [0.3, 0.4) is 0 Å². The molecule has 7 heteroatoms. The van der Waals surface area contributed by atoms with Crippen molar-refractivity contribution < 1.29 is 13.2 Å². The van der Waals surface area contributed by atoms with E-state index in [4.69, 9.17) is 12.2 Å². The first-order chi connectivity index (χ1) is 16.3. The molecule has 0 saturated heterocycles. The normalized spacial score (nSPS) is 13.4. The van der Waals surface area contributed by atoms with Crippen molar-refractivity contribution in [3.8, 4) is 0 Å². The van der Waals surface area contributed by atoms with Gasteiger partial charge >= 0.3 is 6.18 Å². The average molecular weight is 486 g/mol. The molecule has 0 saturated carbocycles. The van der Waals surface area contributed by atoms with Gasteiger partial charge in [-0.05, 0) is 60.5 Å². The maximum Gasteiger partial charge on any atom is 0.416 e. The number of hydrogen-bond donors (Lipinski definition) is 3. The van der Waals surface area contributed by atoms with E-state index in [9.17, 15) is 13.2 Å². The third-order valence-electron chi connectivity index (χ3n) is 5.81. The molecular formula is C27H30F3N3S. The molecule has 3 rings (SSSR count). The lowest BCUT2D eigenvalue weighted by molar-refractivity contribution is -0.137. The highest BCUT2D eigenvalue weighted by molar-refractivity contribution is 7.80. The molecule has 0 spiro atoms. The smallest absolute Gasteiger partial charge is 0.354 e. The van der Waals surface area contributed by atoms with Crippen LogP contribution in [-0.2, 0) is 6.18 Å². The predicted octanol–water partition coefficient (Wildman–Crippen LogP) is 7.25. The Morgan fingerprint density at radius 2 is 1.26 bits per heavy atom. The minimum Gasteiger partial charge on any atom is -0.354 e. The first-order valence-electron chi connectivity index (χ1n) is 11.4. The van der Waals surface area contributed by atoms with Gasteiger partial charge in [-0.25, -0.2) is 0 Å². The van der Waals surface area contributed by atoms with Crippen molar-refractivity contribution in [1.82, 2.24) is 10.6 Å². The number of hydrogen-bond acceptors (Lipinski definition) is 2. The van der Waals surface area contributed by atoms with Crippen LogP contribution in [0, 0.1) is 0 Å². The second-order valence-corrected chi connectivity index (χ2v) is 8.54. The Hall–Kier alpha value is -2.90. The highest BCUT2D eigenvalue weighted by Crippen LogP contribution is 2.31. The van der Waals surface area contributed by atoms with E-state index in [1.165, 1.54) is 12.1 Å². The Morgan fingerprint density at radius 1 is 0.765 bits per heavy atom. The van der Waals surface area contributed by atoms with Crippen LogP contribution in [-0.4, -0.2) is 11.2 Å². The van der Waals surface area contributed by atoms with Crippen molar-refractivity contribution in [2.24, 2.45) is 0 Å². The quantitative estimate of drug-likeness (QED) is 0.279. The summed E-state index contributed by atoms with van der Waals surface area (Å²) < 4.78 is 38.7. The summed E-state index contributed by atoms with van der Waals surface area (Å²) in [5.74, 6) is 0. The zero-order valence-corrected chi connectivity index (χ0v) is 20.1. The van der Waals surface area contributed by atoms with Crippen molar-refractivity contribution >= 4 is 23.0 Å². The van der Waals surface area contributed by atoms with Crippen LogP contribution in [0.2, 0.25) is 0 Å². The minimum atomic E-state index is -4.38. The molecule has 0 amide bonds. The Kier molecular flexibility index (Phi) is 9.07. The highest BCUT2D eigenvalue weighted by Gasteiger charge is 2.30. The van der Waals surface area contributed by atoms with Crippen molar-refractivity contribution in [3.63, 3.8) is 0 Å². The Balaban J connectivity index is 1.88. The van der Waals surface area contributed by atoms with Crippen LogP contribution >= 0.6 is 12.2 Å². The molecule has 3 nitrogen and oxygen atoms in total. The van der Waals surface area contributed by atoms with E-state index in [1.807, 2.05) is 48.5 Å². The molecule has 180 valence electrons.